The molecule has 20 heavy (non-hydrogen) atoms. The fraction of sp³-hybridized carbons (Fsp3) is 0.111. The van der Waals surface area contributed by atoms with Gasteiger partial charge in [-0.2, -0.15) is 0 Å². The maximum absolute atomic E-state index is 11.6. The summed E-state index contributed by atoms with van der Waals surface area (Å²) in [6, 6.07) is 18.0. The van der Waals surface area contributed by atoms with Gasteiger partial charge in [0.2, 0.25) is 0 Å². The van der Waals surface area contributed by atoms with E-state index in [1.54, 1.807) is 6.20 Å². The van der Waals surface area contributed by atoms with Crippen LogP contribution in [0, 0.1) is 0 Å². The second kappa shape index (κ2) is 5.25. The zero-order valence-electron chi connectivity index (χ0n) is 11.3. The standard InChI is InChI=1S/C18H15NO/c1-2-18(20)14-7-5-13(6-8-14)15-9-10-17-16(12-15)4-3-11-19-17/h3-12H,2H2,1H3. The van der Waals surface area contributed by atoms with Gasteiger partial charge in [-0.05, 0) is 29.3 Å². The summed E-state index contributed by atoms with van der Waals surface area (Å²) >= 11 is 0. The number of ketones is 1. The van der Waals surface area contributed by atoms with Gasteiger partial charge in [-0.1, -0.05) is 43.3 Å². The molecular weight excluding hydrogens is 246 g/mol. The number of pyridine rings is 1. The maximum Gasteiger partial charge on any atom is 0.162 e. The van der Waals surface area contributed by atoms with Crippen molar-refractivity contribution in [1.29, 1.82) is 0 Å². The Hall–Kier alpha value is -2.48. The number of aromatic nitrogens is 1. The van der Waals surface area contributed by atoms with E-state index in [9.17, 15) is 4.79 Å². The fourth-order valence-corrected chi connectivity index (χ4v) is 2.31. The Balaban J connectivity index is 2.00. The molecule has 0 atom stereocenters. The Morgan fingerprint density at radius 3 is 2.50 bits per heavy atom. The van der Waals surface area contributed by atoms with E-state index in [1.807, 2.05) is 43.3 Å². The van der Waals surface area contributed by atoms with Gasteiger partial charge in [0.1, 0.15) is 0 Å². The molecule has 0 unspecified atom stereocenters. The van der Waals surface area contributed by atoms with Crippen LogP contribution in [0.3, 0.4) is 0 Å². The van der Waals surface area contributed by atoms with Crippen LogP contribution in [0.2, 0.25) is 0 Å². The molecule has 0 saturated carbocycles. The van der Waals surface area contributed by atoms with Crippen molar-refractivity contribution in [3.8, 4) is 11.1 Å². The van der Waals surface area contributed by atoms with Crippen LogP contribution in [0.25, 0.3) is 22.0 Å². The molecule has 0 fully saturated rings. The third-order valence-corrected chi connectivity index (χ3v) is 3.46. The highest BCUT2D eigenvalue weighted by molar-refractivity contribution is 5.96. The summed E-state index contributed by atoms with van der Waals surface area (Å²) in [5, 5.41) is 1.12. The summed E-state index contributed by atoms with van der Waals surface area (Å²) in [7, 11) is 0. The molecule has 0 radical (unpaired) electrons. The van der Waals surface area contributed by atoms with Gasteiger partial charge >= 0.3 is 0 Å². The first-order valence-corrected chi connectivity index (χ1v) is 6.76. The lowest BCUT2D eigenvalue weighted by Crippen LogP contribution is -1.95. The molecule has 2 nitrogen and oxygen atoms in total. The lowest BCUT2D eigenvalue weighted by molar-refractivity contribution is 0.0988. The number of nitrogens with zero attached hydrogens (tertiary/aromatic N) is 1. The molecule has 98 valence electrons. The topological polar surface area (TPSA) is 30.0 Å². The Morgan fingerprint density at radius 2 is 1.75 bits per heavy atom. The Morgan fingerprint density at radius 1 is 1.00 bits per heavy atom. The number of carbonyl (C=O) groups excluding carboxylic acids is 1. The van der Waals surface area contributed by atoms with Crippen molar-refractivity contribution < 1.29 is 4.79 Å². The molecule has 2 aromatic carbocycles. The number of Topliss-reactive ketones (excluding diaryl/α,β-unsaturated/α-hetero) is 1. The maximum atomic E-state index is 11.6. The first kappa shape index (κ1) is 12.5. The fourth-order valence-electron chi connectivity index (χ4n) is 2.31. The van der Waals surface area contributed by atoms with Gasteiger partial charge in [0.15, 0.2) is 5.78 Å². The molecule has 0 spiro atoms. The van der Waals surface area contributed by atoms with Crippen molar-refractivity contribution in [3.63, 3.8) is 0 Å². The van der Waals surface area contributed by atoms with Gasteiger partial charge in [0.05, 0.1) is 5.52 Å². The van der Waals surface area contributed by atoms with E-state index < -0.39 is 0 Å². The van der Waals surface area contributed by atoms with Gasteiger partial charge in [0.25, 0.3) is 0 Å². The Bertz CT molecular complexity index is 760. The molecule has 1 heterocycles. The van der Waals surface area contributed by atoms with E-state index in [1.165, 1.54) is 0 Å². The van der Waals surface area contributed by atoms with E-state index in [2.05, 4.69) is 23.2 Å². The highest BCUT2D eigenvalue weighted by Crippen LogP contribution is 2.24. The highest BCUT2D eigenvalue weighted by atomic mass is 16.1. The first-order chi connectivity index (χ1) is 9.78. The van der Waals surface area contributed by atoms with Crippen LogP contribution in [0.15, 0.2) is 60.8 Å². The average Bonchev–Trinajstić information content (AvgIpc) is 2.54. The van der Waals surface area contributed by atoms with E-state index in [0.29, 0.717) is 6.42 Å². The van der Waals surface area contributed by atoms with Gasteiger partial charge in [-0.25, -0.2) is 0 Å². The zero-order chi connectivity index (χ0) is 13.9. The Labute approximate surface area is 118 Å². The van der Waals surface area contributed by atoms with Crippen molar-refractivity contribution in [3.05, 3.63) is 66.4 Å². The smallest absolute Gasteiger partial charge is 0.162 e. The molecule has 0 bridgehead atoms. The predicted octanol–water partition coefficient (Wildman–Crippen LogP) is 4.49. The van der Waals surface area contributed by atoms with Crippen LogP contribution in [-0.2, 0) is 0 Å². The van der Waals surface area contributed by atoms with Crippen molar-refractivity contribution in [1.82, 2.24) is 4.98 Å². The molecule has 0 aliphatic rings. The molecule has 0 amide bonds. The van der Waals surface area contributed by atoms with Crippen molar-refractivity contribution in [2.24, 2.45) is 0 Å². The monoisotopic (exact) mass is 261 g/mol. The number of rotatable bonds is 3. The van der Waals surface area contributed by atoms with Gasteiger partial charge in [-0.15, -0.1) is 0 Å². The summed E-state index contributed by atoms with van der Waals surface area (Å²) in [5.74, 6) is 0.180. The molecule has 0 saturated heterocycles. The minimum atomic E-state index is 0.180. The molecule has 3 rings (SSSR count). The number of fused-ring (bicyclic) bond motifs is 1. The van der Waals surface area contributed by atoms with E-state index >= 15 is 0 Å². The predicted molar refractivity (Wildman–Crippen MR) is 81.8 cm³/mol. The molecular formula is C18H15NO. The number of carbonyl (C=O) groups is 1. The van der Waals surface area contributed by atoms with Crippen LogP contribution in [-0.4, -0.2) is 10.8 Å². The third kappa shape index (κ3) is 2.32. The van der Waals surface area contributed by atoms with Crippen molar-refractivity contribution >= 4 is 16.7 Å². The largest absolute Gasteiger partial charge is 0.294 e. The van der Waals surface area contributed by atoms with Crippen molar-refractivity contribution in [2.75, 3.05) is 0 Å². The van der Waals surface area contributed by atoms with Gasteiger partial charge in [0, 0.05) is 23.6 Å². The summed E-state index contributed by atoms with van der Waals surface area (Å²) in [4.78, 5) is 15.9. The van der Waals surface area contributed by atoms with Crippen LogP contribution in [0.4, 0.5) is 0 Å². The van der Waals surface area contributed by atoms with Crippen LogP contribution < -0.4 is 0 Å². The van der Waals surface area contributed by atoms with E-state index in [-0.39, 0.29) is 5.78 Å². The first-order valence-electron chi connectivity index (χ1n) is 6.76. The molecule has 0 aliphatic carbocycles. The van der Waals surface area contributed by atoms with E-state index in [0.717, 1.165) is 27.6 Å². The van der Waals surface area contributed by atoms with Crippen LogP contribution >= 0.6 is 0 Å². The SMILES string of the molecule is CCC(=O)c1ccc(-c2ccc3ncccc3c2)cc1. The highest BCUT2D eigenvalue weighted by Gasteiger charge is 2.04. The van der Waals surface area contributed by atoms with Gasteiger partial charge < -0.3 is 0 Å². The van der Waals surface area contributed by atoms with Crippen LogP contribution in [0.5, 0.6) is 0 Å². The number of hydrogen-bond acceptors (Lipinski definition) is 2. The quantitative estimate of drug-likeness (QED) is 0.650. The Kier molecular flexibility index (Phi) is 3.30. The molecule has 3 aromatic rings. The van der Waals surface area contributed by atoms with Gasteiger partial charge in [-0.3, -0.25) is 9.78 Å². The summed E-state index contributed by atoms with van der Waals surface area (Å²) < 4.78 is 0. The van der Waals surface area contributed by atoms with Crippen LogP contribution in [0.1, 0.15) is 23.7 Å². The lowest BCUT2D eigenvalue weighted by Gasteiger charge is -2.05. The normalized spacial score (nSPS) is 10.7. The third-order valence-electron chi connectivity index (χ3n) is 3.46. The average molecular weight is 261 g/mol. The molecule has 0 aliphatic heterocycles. The molecule has 2 heteroatoms. The molecule has 1 aromatic heterocycles. The number of benzene rings is 2. The summed E-state index contributed by atoms with van der Waals surface area (Å²) in [6.45, 7) is 1.88. The minimum Gasteiger partial charge on any atom is -0.294 e. The second-order valence-corrected chi connectivity index (χ2v) is 4.76. The second-order valence-electron chi connectivity index (χ2n) is 4.76. The minimum absolute atomic E-state index is 0.180. The number of hydrogen-bond donors (Lipinski definition) is 0. The molecule has 0 N–H and O–H groups in total. The lowest BCUT2D eigenvalue weighted by atomic mass is 10.0. The zero-order valence-corrected chi connectivity index (χ0v) is 11.3. The van der Waals surface area contributed by atoms with E-state index in [4.69, 9.17) is 0 Å². The van der Waals surface area contributed by atoms with Crippen molar-refractivity contribution in [2.45, 2.75) is 13.3 Å². The summed E-state index contributed by atoms with van der Waals surface area (Å²) in [5.41, 5.74) is 4.03. The summed E-state index contributed by atoms with van der Waals surface area (Å²) in [6.07, 6.45) is 2.34.